The number of halogens is 2. The van der Waals surface area contributed by atoms with E-state index < -0.39 is 0 Å². The highest BCUT2D eigenvalue weighted by molar-refractivity contribution is 5.83. The van der Waals surface area contributed by atoms with Crippen molar-refractivity contribution in [2.45, 2.75) is 37.6 Å². The molecule has 4 nitrogen and oxygen atoms in total. The molecule has 1 aliphatic carbocycles. The molecule has 2 aromatic carbocycles. The third kappa shape index (κ3) is 4.53. The van der Waals surface area contributed by atoms with Crippen molar-refractivity contribution < 1.29 is 18.3 Å². The zero-order valence-corrected chi connectivity index (χ0v) is 16.5. The van der Waals surface area contributed by atoms with E-state index in [1.165, 1.54) is 23.8 Å². The molecule has 0 saturated heterocycles. The molecule has 0 bridgehead atoms. The molecule has 29 heavy (non-hydrogen) atoms. The van der Waals surface area contributed by atoms with Gasteiger partial charge in [0.15, 0.2) is 11.5 Å². The lowest BCUT2D eigenvalue weighted by Crippen LogP contribution is -2.35. The Balaban J connectivity index is 1.25. The van der Waals surface area contributed by atoms with Crippen LogP contribution in [-0.2, 0) is 0 Å². The van der Waals surface area contributed by atoms with Gasteiger partial charge in [0.05, 0.1) is 7.11 Å². The van der Waals surface area contributed by atoms with Crippen molar-refractivity contribution >= 4 is 10.9 Å². The van der Waals surface area contributed by atoms with Gasteiger partial charge in [0, 0.05) is 35.8 Å². The minimum absolute atomic E-state index is 0.211. The van der Waals surface area contributed by atoms with Crippen LogP contribution in [0.4, 0.5) is 8.78 Å². The van der Waals surface area contributed by atoms with Gasteiger partial charge in [-0.05, 0) is 67.5 Å². The van der Waals surface area contributed by atoms with Gasteiger partial charge in [-0.1, -0.05) is 0 Å². The molecule has 2 N–H and O–H groups in total. The second kappa shape index (κ2) is 8.82. The summed E-state index contributed by atoms with van der Waals surface area (Å²) < 4.78 is 37.6. The number of hydrogen-bond acceptors (Lipinski definition) is 3. The molecule has 0 unspecified atom stereocenters. The molecule has 0 spiro atoms. The van der Waals surface area contributed by atoms with E-state index in [9.17, 15) is 8.78 Å². The number of aromatic amines is 1. The van der Waals surface area contributed by atoms with Crippen LogP contribution < -0.4 is 14.8 Å². The summed E-state index contributed by atoms with van der Waals surface area (Å²) in [7, 11) is 1.54. The minimum Gasteiger partial charge on any atom is -0.493 e. The zero-order chi connectivity index (χ0) is 20.2. The van der Waals surface area contributed by atoms with Gasteiger partial charge in [-0.2, -0.15) is 0 Å². The van der Waals surface area contributed by atoms with Gasteiger partial charge in [0.25, 0.3) is 0 Å². The van der Waals surface area contributed by atoms with E-state index >= 15 is 0 Å². The van der Waals surface area contributed by atoms with Crippen molar-refractivity contribution in [1.29, 1.82) is 0 Å². The summed E-state index contributed by atoms with van der Waals surface area (Å²) in [4.78, 5) is 3.20. The van der Waals surface area contributed by atoms with Gasteiger partial charge in [0.1, 0.15) is 18.2 Å². The average Bonchev–Trinajstić information content (AvgIpc) is 3.15. The van der Waals surface area contributed by atoms with Crippen molar-refractivity contribution in [3.63, 3.8) is 0 Å². The maximum Gasteiger partial charge on any atom is 0.164 e. The number of nitrogens with one attached hydrogen (secondary N) is 2. The Labute approximate surface area is 169 Å². The first-order valence-electron chi connectivity index (χ1n) is 10.1. The molecular weight excluding hydrogens is 374 g/mol. The van der Waals surface area contributed by atoms with E-state index in [0.717, 1.165) is 36.6 Å². The number of methoxy groups -OCH3 is 1. The number of aromatic nitrogens is 1. The quantitative estimate of drug-likeness (QED) is 0.539. The number of ether oxygens (including phenoxy) is 2. The number of benzene rings is 2. The maximum absolute atomic E-state index is 13.4. The molecule has 1 aliphatic rings. The standard InChI is InChI=1S/C23H26F2N2O2/c1-28-22-9-5-17(25)13-23(22)29-11-10-26-18-6-2-15(3-7-18)20-14-27-21-12-16(24)4-8-19(20)21/h4-5,8-9,12-15,18,26-27H,2-3,6-7,10-11H2,1H3. The van der Waals surface area contributed by atoms with E-state index in [1.54, 1.807) is 19.2 Å². The number of rotatable bonds is 7. The van der Waals surface area contributed by atoms with Crippen LogP contribution in [0, 0.1) is 11.6 Å². The van der Waals surface area contributed by atoms with E-state index in [0.29, 0.717) is 36.6 Å². The highest BCUT2D eigenvalue weighted by Gasteiger charge is 2.24. The Morgan fingerprint density at radius 3 is 2.55 bits per heavy atom. The first-order valence-corrected chi connectivity index (χ1v) is 10.1. The molecule has 3 aromatic rings. The van der Waals surface area contributed by atoms with Crippen molar-refractivity contribution in [2.24, 2.45) is 0 Å². The fourth-order valence-electron chi connectivity index (χ4n) is 4.25. The molecule has 0 atom stereocenters. The molecule has 1 aromatic heterocycles. The number of H-pyrrole nitrogens is 1. The normalized spacial score (nSPS) is 19.4. The summed E-state index contributed by atoms with van der Waals surface area (Å²) in [5.74, 6) is 0.906. The molecule has 6 heteroatoms. The van der Waals surface area contributed by atoms with Crippen LogP contribution in [0.5, 0.6) is 11.5 Å². The maximum atomic E-state index is 13.4. The molecule has 0 radical (unpaired) electrons. The van der Waals surface area contributed by atoms with Gasteiger partial charge in [0.2, 0.25) is 0 Å². The fraction of sp³-hybridized carbons (Fsp3) is 0.391. The summed E-state index contributed by atoms with van der Waals surface area (Å²) in [5.41, 5.74) is 2.16. The molecule has 0 amide bonds. The van der Waals surface area contributed by atoms with Crippen molar-refractivity contribution in [3.05, 3.63) is 59.8 Å². The van der Waals surface area contributed by atoms with Crippen LogP contribution >= 0.6 is 0 Å². The predicted octanol–water partition coefficient (Wildman–Crippen LogP) is 5.15. The van der Waals surface area contributed by atoms with E-state index in [1.807, 2.05) is 12.3 Å². The summed E-state index contributed by atoms with van der Waals surface area (Å²) >= 11 is 0. The average molecular weight is 400 g/mol. The summed E-state index contributed by atoms with van der Waals surface area (Å²) in [6.07, 6.45) is 6.40. The smallest absolute Gasteiger partial charge is 0.164 e. The Morgan fingerprint density at radius 2 is 1.76 bits per heavy atom. The topological polar surface area (TPSA) is 46.3 Å². The second-order valence-electron chi connectivity index (χ2n) is 7.58. The lowest BCUT2D eigenvalue weighted by molar-refractivity contribution is 0.270. The van der Waals surface area contributed by atoms with Crippen molar-refractivity contribution in [2.75, 3.05) is 20.3 Å². The molecule has 1 saturated carbocycles. The molecule has 1 fully saturated rings. The Bertz CT molecular complexity index is 965. The number of hydrogen-bond donors (Lipinski definition) is 2. The molecule has 154 valence electrons. The SMILES string of the molecule is COc1ccc(F)cc1OCCNC1CCC(c2c[nH]c3cc(F)ccc23)CC1. The van der Waals surface area contributed by atoms with Crippen LogP contribution in [0.2, 0.25) is 0 Å². The van der Waals surface area contributed by atoms with Gasteiger partial charge in [-0.15, -0.1) is 0 Å². The Morgan fingerprint density at radius 1 is 1.00 bits per heavy atom. The first kappa shape index (κ1) is 19.7. The van der Waals surface area contributed by atoms with Crippen LogP contribution in [0.25, 0.3) is 10.9 Å². The first-order chi connectivity index (χ1) is 14.1. The van der Waals surface area contributed by atoms with Crippen LogP contribution in [0.1, 0.15) is 37.2 Å². The largest absolute Gasteiger partial charge is 0.493 e. The summed E-state index contributed by atoms with van der Waals surface area (Å²) in [5, 5.41) is 4.66. The third-order valence-electron chi connectivity index (χ3n) is 5.76. The lowest BCUT2D eigenvalue weighted by atomic mass is 9.81. The highest BCUT2D eigenvalue weighted by Crippen LogP contribution is 2.36. The zero-order valence-electron chi connectivity index (χ0n) is 16.5. The molecule has 1 heterocycles. The molecule has 0 aliphatic heterocycles. The van der Waals surface area contributed by atoms with Gasteiger partial charge < -0.3 is 19.8 Å². The van der Waals surface area contributed by atoms with E-state index in [2.05, 4.69) is 10.3 Å². The van der Waals surface area contributed by atoms with Crippen LogP contribution in [-0.4, -0.2) is 31.3 Å². The van der Waals surface area contributed by atoms with Crippen molar-refractivity contribution in [3.8, 4) is 11.5 Å². The minimum atomic E-state index is -0.341. The number of fused-ring (bicyclic) bond motifs is 1. The second-order valence-corrected chi connectivity index (χ2v) is 7.58. The van der Waals surface area contributed by atoms with Gasteiger partial charge in [-0.25, -0.2) is 8.78 Å². The fourth-order valence-corrected chi connectivity index (χ4v) is 4.25. The monoisotopic (exact) mass is 400 g/mol. The highest BCUT2D eigenvalue weighted by atomic mass is 19.1. The molecule has 4 rings (SSSR count). The Hall–Kier alpha value is -2.60. The Kier molecular flexibility index (Phi) is 6.00. The van der Waals surface area contributed by atoms with Gasteiger partial charge in [-0.3, -0.25) is 0 Å². The molecular formula is C23H26F2N2O2. The van der Waals surface area contributed by atoms with Crippen LogP contribution in [0.15, 0.2) is 42.6 Å². The van der Waals surface area contributed by atoms with Crippen LogP contribution in [0.3, 0.4) is 0 Å². The van der Waals surface area contributed by atoms with Crippen molar-refractivity contribution in [1.82, 2.24) is 10.3 Å². The van der Waals surface area contributed by atoms with E-state index in [4.69, 9.17) is 9.47 Å². The van der Waals surface area contributed by atoms with E-state index in [-0.39, 0.29) is 11.6 Å². The summed E-state index contributed by atoms with van der Waals surface area (Å²) in [6.45, 7) is 1.15. The van der Waals surface area contributed by atoms with Gasteiger partial charge >= 0.3 is 0 Å². The summed E-state index contributed by atoms with van der Waals surface area (Å²) in [6, 6.07) is 9.67. The lowest BCUT2D eigenvalue weighted by Gasteiger charge is -2.29. The third-order valence-corrected chi connectivity index (χ3v) is 5.76. The predicted molar refractivity (Wildman–Crippen MR) is 110 cm³/mol.